The third kappa shape index (κ3) is 5.03. The van der Waals surface area contributed by atoms with E-state index in [-0.39, 0.29) is 6.54 Å². The molecule has 33 heavy (non-hydrogen) atoms. The molecule has 0 radical (unpaired) electrons. The van der Waals surface area contributed by atoms with Gasteiger partial charge in [-0.15, -0.1) is 0 Å². The molecule has 2 heterocycles. The van der Waals surface area contributed by atoms with Crippen molar-refractivity contribution in [3.05, 3.63) is 84.2 Å². The maximum Gasteiger partial charge on any atom is 0.325 e. The van der Waals surface area contributed by atoms with Crippen LogP contribution in [0.2, 0.25) is 0 Å². The average molecular weight is 443 g/mol. The van der Waals surface area contributed by atoms with E-state index >= 15 is 0 Å². The Kier molecular flexibility index (Phi) is 6.40. The molecule has 7 heteroatoms. The quantitative estimate of drug-likeness (QED) is 0.399. The van der Waals surface area contributed by atoms with Gasteiger partial charge in [0.1, 0.15) is 30.4 Å². The second kappa shape index (κ2) is 9.56. The molecule has 0 saturated heterocycles. The van der Waals surface area contributed by atoms with Gasteiger partial charge >= 0.3 is 5.97 Å². The van der Waals surface area contributed by atoms with Gasteiger partial charge in [0.15, 0.2) is 0 Å². The molecule has 0 saturated carbocycles. The van der Waals surface area contributed by atoms with Crippen LogP contribution in [0.25, 0.3) is 22.4 Å². The third-order valence-corrected chi connectivity index (χ3v) is 5.43. The van der Waals surface area contributed by atoms with Crippen molar-refractivity contribution in [2.45, 2.75) is 32.9 Å². The molecule has 0 fully saturated rings. The molecule has 0 amide bonds. The van der Waals surface area contributed by atoms with E-state index < -0.39 is 5.97 Å². The summed E-state index contributed by atoms with van der Waals surface area (Å²) in [7, 11) is 0. The van der Waals surface area contributed by atoms with Crippen molar-refractivity contribution < 1.29 is 14.6 Å². The topological polar surface area (TPSA) is 103 Å². The third-order valence-electron chi connectivity index (χ3n) is 5.43. The highest BCUT2D eigenvalue weighted by molar-refractivity contribution is 5.88. The minimum Gasteiger partial charge on any atom is -0.489 e. The van der Waals surface area contributed by atoms with Crippen molar-refractivity contribution in [3.63, 3.8) is 0 Å². The van der Waals surface area contributed by atoms with Gasteiger partial charge in [0.25, 0.3) is 0 Å². The number of carboxylic acids is 1. The van der Waals surface area contributed by atoms with Gasteiger partial charge in [-0.25, -0.2) is 4.68 Å². The number of aromatic nitrogens is 3. The van der Waals surface area contributed by atoms with Crippen LogP contribution in [0.4, 0.5) is 5.82 Å². The van der Waals surface area contributed by atoms with Crippen molar-refractivity contribution in [1.82, 2.24) is 14.8 Å². The van der Waals surface area contributed by atoms with Crippen molar-refractivity contribution >= 4 is 11.8 Å². The Hall–Kier alpha value is -4.13. The first-order valence-corrected chi connectivity index (χ1v) is 10.7. The number of carbonyl (C=O) groups is 1. The molecule has 168 valence electrons. The lowest BCUT2D eigenvalue weighted by molar-refractivity contribution is -0.137. The van der Waals surface area contributed by atoms with Crippen molar-refractivity contribution in [3.8, 4) is 28.1 Å². The summed E-state index contributed by atoms with van der Waals surface area (Å²) in [6.07, 6.45) is 3.33. The number of aliphatic carboxylic acids is 1. The van der Waals surface area contributed by atoms with Gasteiger partial charge < -0.3 is 15.6 Å². The standard InChI is InChI=1S/C26H26N4O3/c1-17(2)19-5-3-18(4-6-19)16-33-22-9-7-20(8-10-22)24-25(21-11-13-28-14-12-21)29-30(26(24)27)15-23(31)32/h3-14,17H,15-16,27H2,1-2H3,(H,31,32). The molecule has 0 aliphatic rings. The maximum atomic E-state index is 11.3. The number of anilines is 1. The van der Waals surface area contributed by atoms with Gasteiger partial charge in [-0.3, -0.25) is 9.78 Å². The molecule has 0 aliphatic heterocycles. The van der Waals surface area contributed by atoms with Gasteiger partial charge in [0, 0.05) is 18.0 Å². The van der Waals surface area contributed by atoms with Crippen LogP contribution in [-0.4, -0.2) is 25.8 Å². The summed E-state index contributed by atoms with van der Waals surface area (Å²) in [6, 6.07) is 19.6. The van der Waals surface area contributed by atoms with Crippen LogP contribution >= 0.6 is 0 Å². The molecule has 0 unspecified atom stereocenters. The van der Waals surface area contributed by atoms with Gasteiger partial charge in [-0.05, 0) is 46.9 Å². The molecule has 4 rings (SSSR count). The summed E-state index contributed by atoms with van der Waals surface area (Å²) in [5.74, 6) is 0.510. The first-order valence-electron chi connectivity index (χ1n) is 10.7. The highest BCUT2D eigenvalue weighted by atomic mass is 16.5. The van der Waals surface area contributed by atoms with Gasteiger partial charge in [-0.2, -0.15) is 5.10 Å². The van der Waals surface area contributed by atoms with Crippen molar-refractivity contribution in [2.75, 3.05) is 5.73 Å². The number of pyridine rings is 1. The van der Waals surface area contributed by atoms with Gasteiger partial charge in [-0.1, -0.05) is 50.2 Å². The van der Waals surface area contributed by atoms with Crippen molar-refractivity contribution in [1.29, 1.82) is 0 Å². The lowest BCUT2D eigenvalue weighted by Gasteiger charge is -2.10. The summed E-state index contributed by atoms with van der Waals surface area (Å²) in [6.45, 7) is 4.50. The van der Waals surface area contributed by atoms with Crippen molar-refractivity contribution in [2.24, 2.45) is 0 Å². The molecule has 7 nitrogen and oxygen atoms in total. The molecule has 0 atom stereocenters. The molecule has 0 aliphatic carbocycles. The fraction of sp³-hybridized carbons (Fsp3) is 0.192. The number of ether oxygens (including phenoxy) is 1. The molecule has 2 aromatic carbocycles. The van der Waals surface area contributed by atoms with E-state index in [1.165, 1.54) is 10.2 Å². The Labute approximate surface area is 192 Å². The predicted octanol–water partition coefficient (Wildman–Crippen LogP) is 4.98. The zero-order chi connectivity index (χ0) is 23.4. The number of nitrogens with zero attached hydrogens (tertiary/aromatic N) is 3. The fourth-order valence-corrected chi connectivity index (χ4v) is 3.60. The average Bonchev–Trinajstić information content (AvgIpc) is 3.14. The zero-order valence-electron chi connectivity index (χ0n) is 18.6. The zero-order valence-corrected chi connectivity index (χ0v) is 18.6. The van der Waals surface area contributed by atoms with Crippen LogP contribution in [0, 0.1) is 0 Å². The Balaban J connectivity index is 1.58. The SMILES string of the molecule is CC(C)c1ccc(COc2ccc(-c3c(-c4ccncc4)nn(CC(=O)O)c3N)cc2)cc1. The molecule has 2 aromatic heterocycles. The number of nitrogen functional groups attached to an aromatic ring is 1. The second-order valence-electron chi connectivity index (χ2n) is 8.11. The number of benzene rings is 2. The lowest BCUT2D eigenvalue weighted by Crippen LogP contribution is -2.12. The second-order valence-corrected chi connectivity index (χ2v) is 8.11. The van der Waals surface area contributed by atoms with Gasteiger partial charge in [0.05, 0.1) is 5.56 Å². The fourth-order valence-electron chi connectivity index (χ4n) is 3.60. The minimum atomic E-state index is -1.01. The first-order chi connectivity index (χ1) is 15.9. The molecular formula is C26H26N4O3. The van der Waals surface area contributed by atoms with E-state index in [4.69, 9.17) is 10.5 Å². The van der Waals surface area contributed by atoms with E-state index in [2.05, 4.69) is 48.2 Å². The monoisotopic (exact) mass is 442 g/mol. The number of hydrogen-bond acceptors (Lipinski definition) is 5. The Bertz CT molecular complexity index is 1230. The molecular weight excluding hydrogens is 416 g/mol. The smallest absolute Gasteiger partial charge is 0.325 e. The Morgan fingerprint density at radius 2 is 1.67 bits per heavy atom. The van der Waals surface area contributed by atoms with E-state index in [9.17, 15) is 9.90 Å². The minimum absolute atomic E-state index is 0.295. The van der Waals surface area contributed by atoms with E-state index in [1.54, 1.807) is 12.4 Å². The maximum absolute atomic E-state index is 11.3. The van der Waals surface area contributed by atoms with E-state index in [0.29, 0.717) is 29.6 Å². The van der Waals surface area contributed by atoms with Crippen LogP contribution in [-0.2, 0) is 17.9 Å². The van der Waals surface area contributed by atoms with E-state index in [0.717, 1.165) is 22.4 Å². The number of rotatable bonds is 8. The Morgan fingerprint density at radius 3 is 2.27 bits per heavy atom. The van der Waals surface area contributed by atoms with Crippen LogP contribution in [0.3, 0.4) is 0 Å². The summed E-state index contributed by atoms with van der Waals surface area (Å²) in [4.78, 5) is 15.3. The van der Waals surface area contributed by atoms with E-state index in [1.807, 2.05) is 36.4 Å². The highest BCUT2D eigenvalue weighted by Gasteiger charge is 2.20. The predicted molar refractivity (Wildman–Crippen MR) is 128 cm³/mol. The summed E-state index contributed by atoms with van der Waals surface area (Å²) in [5, 5.41) is 13.7. The highest BCUT2D eigenvalue weighted by Crippen LogP contribution is 2.36. The first kappa shape index (κ1) is 22.1. The Morgan fingerprint density at radius 1 is 1.00 bits per heavy atom. The molecule has 3 N–H and O–H groups in total. The molecule has 0 spiro atoms. The van der Waals surface area contributed by atoms with Crippen LogP contribution in [0.5, 0.6) is 5.75 Å². The number of hydrogen-bond donors (Lipinski definition) is 2. The van der Waals surface area contributed by atoms with Gasteiger partial charge in [0.2, 0.25) is 0 Å². The molecule has 4 aromatic rings. The number of carboxylic acid groups (broad SMARTS) is 1. The van der Waals surface area contributed by atoms with Crippen LogP contribution < -0.4 is 10.5 Å². The van der Waals surface area contributed by atoms with Crippen LogP contribution in [0.1, 0.15) is 30.9 Å². The molecule has 0 bridgehead atoms. The largest absolute Gasteiger partial charge is 0.489 e. The van der Waals surface area contributed by atoms with Crippen LogP contribution in [0.15, 0.2) is 73.1 Å². The lowest BCUT2D eigenvalue weighted by atomic mass is 10.0. The normalized spacial score (nSPS) is 11.0. The summed E-state index contributed by atoms with van der Waals surface area (Å²) >= 11 is 0. The number of nitrogens with two attached hydrogens (primary N) is 1. The summed E-state index contributed by atoms with van der Waals surface area (Å²) < 4.78 is 7.25. The summed E-state index contributed by atoms with van der Waals surface area (Å²) in [5.41, 5.74) is 11.6.